The van der Waals surface area contributed by atoms with Gasteiger partial charge in [0, 0.05) is 57.6 Å². The number of oxazole rings is 1. The van der Waals surface area contributed by atoms with Crippen LogP contribution in [0.1, 0.15) is 32.1 Å². The topological polar surface area (TPSA) is 64.8 Å². The summed E-state index contributed by atoms with van der Waals surface area (Å²) in [6.07, 6.45) is 4.19. The van der Waals surface area contributed by atoms with Gasteiger partial charge in [0.15, 0.2) is 11.7 Å². The smallest absolute Gasteiger partial charge is 0.223 e. The molecule has 2 aliphatic rings. The summed E-state index contributed by atoms with van der Waals surface area (Å²) in [5, 5.41) is 0.616. The van der Waals surface area contributed by atoms with E-state index in [2.05, 4.69) is 4.98 Å². The van der Waals surface area contributed by atoms with Crippen molar-refractivity contribution in [1.29, 1.82) is 0 Å². The Morgan fingerprint density at radius 1 is 1.32 bits per heavy atom. The van der Waals surface area contributed by atoms with Gasteiger partial charge < -0.3 is 18.8 Å². The van der Waals surface area contributed by atoms with Crippen molar-refractivity contribution in [3.63, 3.8) is 0 Å². The fourth-order valence-corrected chi connectivity index (χ4v) is 4.25. The predicted molar refractivity (Wildman–Crippen MR) is 105 cm³/mol. The fraction of sp³-hybridized carbons (Fsp3) is 0.524. The minimum absolute atomic E-state index is 0.0318. The number of benzene rings is 1. The lowest BCUT2D eigenvalue weighted by Gasteiger charge is -2.47. The molecule has 7 heteroatoms. The zero-order valence-electron chi connectivity index (χ0n) is 16.0. The summed E-state index contributed by atoms with van der Waals surface area (Å²) in [7, 11) is 0. The SMILES string of the molecule is CC1CN(C(=O)CCc2ncc(-c3ccccc3Cl)o2)CC2(CCOCC2)O1. The molecule has 2 fully saturated rings. The van der Waals surface area contributed by atoms with Gasteiger partial charge in [-0.2, -0.15) is 0 Å². The molecule has 6 nitrogen and oxygen atoms in total. The van der Waals surface area contributed by atoms with Crippen LogP contribution in [0, 0.1) is 0 Å². The van der Waals surface area contributed by atoms with Gasteiger partial charge in [-0.15, -0.1) is 0 Å². The molecule has 28 heavy (non-hydrogen) atoms. The first-order chi connectivity index (χ1) is 13.5. The number of amides is 1. The van der Waals surface area contributed by atoms with Crippen molar-refractivity contribution < 1.29 is 18.7 Å². The summed E-state index contributed by atoms with van der Waals surface area (Å²) in [6, 6.07) is 7.48. The Kier molecular flexibility index (Phi) is 5.71. The Bertz CT molecular complexity index is 831. The lowest BCUT2D eigenvalue weighted by Crippen LogP contribution is -2.58. The van der Waals surface area contributed by atoms with Crippen molar-refractivity contribution in [2.24, 2.45) is 0 Å². The zero-order chi connectivity index (χ0) is 19.6. The number of carbonyl (C=O) groups excluding carboxylic acids is 1. The third-order valence-corrected chi connectivity index (χ3v) is 5.74. The molecule has 3 heterocycles. The minimum Gasteiger partial charge on any atom is -0.441 e. The van der Waals surface area contributed by atoms with Crippen molar-refractivity contribution >= 4 is 17.5 Å². The van der Waals surface area contributed by atoms with Crippen LogP contribution in [0.2, 0.25) is 5.02 Å². The second kappa shape index (κ2) is 8.23. The highest BCUT2D eigenvalue weighted by atomic mass is 35.5. The summed E-state index contributed by atoms with van der Waals surface area (Å²) >= 11 is 6.21. The standard InChI is InChI=1S/C21H25ClN2O4/c1-15-13-24(14-21(28-15)8-10-26-11-9-21)20(25)7-6-19-23-12-18(27-19)16-4-2-3-5-17(16)22/h2-5,12,15H,6-11,13-14H2,1H3. The van der Waals surface area contributed by atoms with E-state index in [4.69, 9.17) is 25.5 Å². The van der Waals surface area contributed by atoms with E-state index < -0.39 is 0 Å². The molecule has 0 bridgehead atoms. The van der Waals surface area contributed by atoms with E-state index in [0.717, 1.165) is 18.4 Å². The van der Waals surface area contributed by atoms with Crippen LogP contribution >= 0.6 is 11.6 Å². The van der Waals surface area contributed by atoms with E-state index >= 15 is 0 Å². The first kappa shape index (κ1) is 19.4. The van der Waals surface area contributed by atoms with Gasteiger partial charge in [-0.1, -0.05) is 23.7 Å². The predicted octanol–water partition coefficient (Wildman–Crippen LogP) is 3.72. The van der Waals surface area contributed by atoms with Crippen LogP contribution in [0.25, 0.3) is 11.3 Å². The Balaban J connectivity index is 1.37. The van der Waals surface area contributed by atoms with Crippen LogP contribution in [0.3, 0.4) is 0 Å². The van der Waals surface area contributed by atoms with Gasteiger partial charge in [0.05, 0.1) is 22.9 Å². The number of aromatic nitrogens is 1. The maximum Gasteiger partial charge on any atom is 0.223 e. The Hall–Kier alpha value is -1.89. The average Bonchev–Trinajstić information content (AvgIpc) is 3.15. The molecule has 4 rings (SSSR count). The summed E-state index contributed by atoms with van der Waals surface area (Å²) in [6.45, 7) is 4.67. The quantitative estimate of drug-likeness (QED) is 0.776. The number of rotatable bonds is 4. The maximum absolute atomic E-state index is 12.8. The molecule has 2 aliphatic heterocycles. The van der Waals surface area contributed by atoms with Gasteiger partial charge in [0.25, 0.3) is 0 Å². The first-order valence-electron chi connectivity index (χ1n) is 9.78. The van der Waals surface area contributed by atoms with Gasteiger partial charge in [-0.05, 0) is 19.1 Å². The van der Waals surface area contributed by atoms with Gasteiger partial charge >= 0.3 is 0 Å². The van der Waals surface area contributed by atoms with Crippen LogP contribution in [-0.4, -0.2) is 53.8 Å². The molecule has 1 atom stereocenters. The van der Waals surface area contributed by atoms with Gasteiger partial charge in [0.2, 0.25) is 5.91 Å². The summed E-state index contributed by atoms with van der Waals surface area (Å²) in [5.41, 5.74) is 0.545. The molecule has 0 N–H and O–H groups in total. The number of hydrogen-bond acceptors (Lipinski definition) is 5. The molecule has 0 radical (unpaired) electrons. The largest absolute Gasteiger partial charge is 0.441 e. The zero-order valence-corrected chi connectivity index (χ0v) is 16.8. The number of ether oxygens (including phenoxy) is 2. The molecule has 1 spiro atoms. The first-order valence-corrected chi connectivity index (χ1v) is 10.2. The van der Waals surface area contributed by atoms with E-state index in [1.807, 2.05) is 36.1 Å². The second-order valence-corrected chi connectivity index (χ2v) is 8.00. The molecule has 1 aromatic carbocycles. The summed E-state index contributed by atoms with van der Waals surface area (Å²) in [4.78, 5) is 19.1. The van der Waals surface area contributed by atoms with E-state index in [1.54, 1.807) is 6.20 Å². The fourth-order valence-electron chi connectivity index (χ4n) is 4.02. The summed E-state index contributed by atoms with van der Waals surface area (Å²) in [5.74, 6) is 1.28. The molecule has 0 saturated carbocycles. The van der Waals surface area contributed by atoms with Crippen molar-refractivity contribution in [1.82, 2.24) is 9.88 Å². The second-order valence-electron chi connectivity index (χ2n) is 7.60. The third-order valence-electron chi connectivity index (χ3n) is 5.41. The molecule has 0 aliphatic carbocycles. The van der Waals surface area contributed by atoms with Crippen LogP contribution in [0.15, 0.2) is 34.9 Å². The Morgan fingerprint density at radius 2 is 2.11 bits per heavy atom. The molecule has 2 saturated heterocycles. The van der Waals surface area contributed by atoms with Crippen LogP contribution in [0.5, 0.6) is 0 Å². The maximum atomic E-state index is 12.8. The lowest BCUT2D eigenvalue weighted by molar-refractivity contribution is -0.189. The van der Waals surface area contributed by atoms with Crippen molar-refractivity contribution in [3.05, 3.63) is 41.4 Å². The Morgan fingerprint density at radius 3 is 2.89 bits per heavy atom. The lowest BCUT2D eigenvalue weighted by atomic mass is 9.91. The van der Waals surface area contributed by atoms with E-state index in [0.29, 0.717) is 55.8 Å². The minimum atomic E-state index is -0.258. The number of halogens is 1. The van der Waals surface area contributed by atoms with Gasteiger partial charge in [-0.3, -0.25) is 4.79 Å². The normalized spacial score (nSPS) is 21.8. The number of morpholine rings is 1. The number of aryl methyl sites for hydroxylation is 1. The monoisotopic (exact) mass is 404 g/mol. The molecular formula is C21H25ClN2O4. The van der Waals surface area contributed by atoms with E-state index in [1.165, 1.54) is 0 Å². The number of carbonyl (C=O) groups is 1. The highest BCUT2D eigenvalue weighted by Gasteiger charge is 2.42. The highest BCUT2D eigenvalue weighted by molar-refractivity contribution is 6.33. The molecule has 150 valence electrons. The van der Waals surface area contributed by atoms with Crippen LogP contribution < -0.4 is 0 Å². The third kappa shape index (κ3) is 4.24. The van der Waals surface area contributed by atoms with Crippen LogP contribution in [0.4, 0.5) is 0 Å². The average molecular weight is 405 g/mol. The van der Waals surface area contributed by atoms with Crippen molar-refractivity contribution in [3.8, 4) is 11.3 Å². The molecular weight excluding hydrogens is 380 g/mol. The highest BCUT2D eigenvalue weighted by Crippen LogP contribution is 2.32. The van der Waals surface area contributed by atoms with Crippen LogP contribution in [-0.2, 0) is 20.7 Å². The molecule has 2 aromatic rings. The van der Waals surface area contributed by atoms with E-state index in [9.17, 15) is 4.79 Å². The van der Waals surface area contributed by atoms with Crippen molar-refractivity contribution in [2.75, 3.05) is 26.3 Å². The van der Waals surface area contributed by atoms with Gasteiger partial charge in [0.1, 0.15) is 0 Å². The van der Waals surface area contributed by atoms with Gasteiger partial charge in [-0.25, -0.2) is 4.98 Å². The summed E-state index contributed by atoms with van der Waals surface area (Å²) < 4.78 is 17.5. The van der Waals surface area contributed by atoms with Crippen molar-refractivity contribution in [2.45, 2.75) is 44.3 Å². The number of hydrogen-bond donors (Lipinski definition) is 0. The van der Waals surface area contributed by atoms with E-state index in [-0.39, 0.29) is 17.6 Å². The molecule has 1 amide bonds. The Labute approximate surface area is 169 Å². The number of nitrogens with zero attached hydrogens (tertiary/aromatic N) is 2. The molecule has 1 unspecified atom stereocenters. The molecule has 1 aromatic heterocycles.